The fourth-order valence-corrected chi connectivity index (χ4v) is 3.61. The van der Waals surface area contributed by atoms with Gasteiger partial charge in [-0.2, -0.15) is 0 Å². The van der Waals surface area contributed by atoms with Crippen molar-refractivity contribution in [2.45, 2.75) is 38.8 Å². The number of carbonyl (C=O) groups excluding carboxylic acids is 1. The summed E-state index contributed by atoms with van der Waals surface area (Å²) in [6, 6.07) is 0. The standard InChI is InChI=1S/C9H17NOSi/c1-12(2)8-6-4-3-5-7(8)9(10)11/h12H,3-6H2,1-2H3,(H2,10,11). The van der Waals surface area contributed by atoms with E-state index in [2.05, 4.69) is 13.1 Å². The average molecular weight is 183 g/mol. The normalized spacial score (nSPS) is 18.6. The molecule has 12 heavy (non-hydrogen) atoms. The maximum absolute atomic E-state index is 11.1. The van der Waals surface area contributed by atoms with Crippen LogP contribution in [-0.4, -0.2) is 14.7 Å². The molecule has 1 rings (SSSR count). The van der Waals surface area contributed by atoms with Crippen LogP contribution in [0.15, 0.2) is 10.8 Å². The lowest BCUT2D eigenvalue weighted by Gasteiger charge is -2.20. The van der Waals surface area contributed by atoms with Crippen molar-refractivity contribution in [2.24, 2.45) is 5.73 Å². The highest BCUT2D eigenvalue weighted by Gasteiger charge is 2.18. The number of allylic oxidation sites excluding steroid dienone is 1. The van der Waals surface area contributed by atoms with Gasteiger partial charge in [0.05, 0.1) is 8.80 Å². The summed E-state index contributed by atoms with van der Waals surface area (Å²) < 4.78 is 0. The van der Waals surface area contributed by atoms with Crippen molar-refractivity contribution in [2.75, 3.05) is 0 Å². The van der Waals surface area contributed by atoms with Crippen molar-refractivity contribution < 1.29 is 4.79 Å². The second-order valence-electron chi connectivity index (χ2n) is 3.73. The lowest BCUT2D eigenvalue weighted by Crippen LogP contribution is -2.22. The number of hydrogen-bond donors (Lipinski definition) is 1. The summed E-state index contributed by atoms with van der Waals surface area (Å²) in [6.45, 7) is 4.53. The highest BCUT2D eigenvalue weighted by atomic mass is 28.3. The third-order valence-corrected chi connectivity index (χ3v) is 4.54. The van der Waals surface area contributed by atoms with E-state index in [-0.39, 0.29) is 5.91 Å². The first-order valence-electron chi connectivity index (χ1n) is 4.64. The van der Waals surface area contributed by atoms with Crippen LogP contribution in [0.25, 0.3) is 0 Å². The molecule has 0 atom stereocenters. The Bertz CT molecular complexity index is 221. The molecule has 0 unspecified atom stereocenters. The zero-order valence-corrected chi connectivity index (χ0v) is 9.05. The average Bonchev–Trinajstić information content (AvgIpc) is 2.04. The molecule has 3 heteroatoms. The van der Waals surface area contributed by atoms with E-state index in [0.717, 1.165) is 24.8 Å². The molecule has 0 aromatic carbocycles. The summed E-state index contributed by atoms with van der Waals surface area (Å²) in [4.78, 5) is 11.1. The first-order chi connectivity index (χ1) is 5.63. The molecule has 1 aliphatic carbocycles. The van der Waals surface area contributed by atoms with E-state index < -0.39 is 8.80 Å². The molecule has 0 aromatic rings. The first-order valence-corrected chi connectivity index (χ1v) is 7.53. The summed E-state index contributed by atoms with van der Waals surface area (Å²) in [6.07, 6.45) is 4.44. The third-order valence-electron chi connectivity index (χ3n) is 2.50. The Balaban J connectivity index is 2.91. The van der Waals surface area contributed by atoms with Crippen molar-refractivity contribution >= 4 is 14.7 Å². The molecular weight excluding hydrogens is 166 g/mol. The largest absolute Gasteiger partial charge is 0.366 e. The molecule has 0 aromatic heterocycles. The number of amides is 1. The van der Waals surface area contributed by atoms with Gasteiger partial charge in [0.15, 0.2) is 0 Å². The van der Waals surface area contributed by atoms with Gasteiger partial charge in [0.25, 0.3) is 0 Å². The Morgan fingerprint density at radius 2 is 1.92 bits per heavy atom. The van der Waals surface area contributed by atoms with Crippen molar-refractivity contribution in [3.63, 3.8) is 0 Å². The smallest absolute Gasteiger partial charge is 0.244 e. The molecular formula is C9H17NOSi. The fourth-order valence-electron chi connectivity index (χ4n) is 1.85. The van der Waals surface area contributed by atoms with Crippen molar-refractivity contribution in [3.05, 3.63) is 10.8 Å². The summed E-state index contributed by atoms with van der Waals surface area (Å²) in [5.41, 5.74) is 6.28. The number of rotatable bonds is 2. The predicted octanol–water partition coefficient (Wildman–Crippen LogP) is 1.37. The van der Waals surface area contributed by atoms with Gasteiger partial charge in [-0.1, -0.05) is 18.3 Å². The van der Waals surface area contributed by atoms with Crippen LogP contribution in [-0.2, 0) is 4.79 Å². The molecule has 0 saturated heterocycles. The van der Waals surface area contributed by atoms with Gasteiger partial charge in [0, 0.05) is 5.57 Å². The summed E-state index contributed by atoms with van der Waals surface area (Å²) in [5, 5.41) is 1.42. The van der Waals surface area contributed by atoms with Gasteiger partial charge in [0.2, 0.25) is 5.91 Å². The number of carbonyl (C=O) groups is 1. The number of hydrogen-bond acceptors (Lipinski definition) is 1. The van der Waals surface area contributed by atoms with Crippen LogP contribution in [0, 0.1) is 0 Å². The van der Waals surface area contributed by atoms with Crippen LogP contribution in [0.1, 0.15) is 25.7 Å². The molecule has 0 bridgehead atoms. The summed E-state index contributed by atoms with van der Waals surface area (Å²) in [7, 11) is -0.787. The Morgan fingerprint density at radius 1 is 1.33 bits per heavy atom. The molecule has 0 aliphatic heterocycles. The second-order valence-corrected chi connectivity index (χ2v) is 6.74. The van der Waals surface area contributed by atoms with Crippen LogP contribution in [0.3, 0.4) is 0 Å². The van der Waals surface area contributed by atoms with Gasteiger partial charge in [-0.3, -0.25) is 4.79 Å². The lowest BCUT2D eigenvalue weighted by molar-refractivity contribution is -0.114. The Morgan fingerprint density at radius 3 is 2.33 bits per heavy atom. The van der Waals surface area contributed by atoms with Crippen LogP contribution < -0.4 is 5.73 Å². The Labute approximate surface area is 75.4 Å². The Hall–Kier alpha value is -0.573. The summed E-state index contributed by atoms with van der Waals surface area (Å²) in [5.74, 6) is -0.175. The van der Waals surface area contributed by atoms with E-state index in [1.807, 2.05) is 0 Å². The minimum absolute atomic E-state index is 0.175. The lowest BCUT2D eigenvalue weighted by atomic mass is 9.99. The minimum Gasteiger partial charge on any atom is -0.366 e. The zero-order valence-electron chi connectivity index (χ0n) is 7.89. The van der Waals surface area contributed by atoms with Gasteiger partial charge in [-0.05, 0) is 25.7 Å². The van der Waals surface area contributed by atoms with Gasteiger partial charge in [0.1, 0.15) is 0 Å². The van der Waals surface area contributed by atoms with E-state index in [1.165, 1.54) is 11.6 Å². The van der Waals surface area contributed by atoms with Crippen LogP contribution in [0.5, 0.6) is 0 Å². The zero-order chi connectivity index (χ0) is 9.14. The quantitative estimate of drug-likeness (QED) is 0.646. The highest BCUT2D eigenvalue weighted by molar-refractivity contribution is 6.64. The molecule has 68 valence electrons. The van der Waals surface area contributed by atoms with Gasteiger partial charge >= 0.3 is 0 Å². The molecule has 0 heterocycles. The first kappa shape index (κ1) is 9.51. The number of nitrogens with two attached hydrogens (primary N) is 1. The van der Waals surface area contributed by atoms with Crippen LogP contribution in [0.4, 0.5) is 0 Å². The van der Waals surface area contributed by atoms with Crippen molar-refractivity contribution in [3.8, 4) is 0 Å². The molecule has 1 aliphatic rings. The monoisotopic (exact) mass is 183 g/mol. The van der Waals surface area contributed by atoms with Gasteiger partial charge < -0.3 is 5.73 Å². The van der Waals surface area contributed by atoms with E-state index in [0.29, 0.717) is 0 Å². The van der Waals surface area contributed by atoms with E-state index in [1.54, 1.807) is 0 Å². The minimum atomic E-state index is -0.787. The van der Waals surface area contributed by atoms with E-state index >= 15 is 0 Å². The highest BCUT2D eigenvalue weighted by Crippen LogP contribution is 2.26. The predicted molar refractivity (Wildman–Crippen MR) is 53.6 cm³/mol. The summed E-state index contributed by atoms with van der Waals surface area (Å²) >= 11 is 0. The van der Waals surface area contributed by atoms with Gasteiger partial charge in [-0.15, -0.1) is 0 Å². The topological polar surface area (TPSA) is 43.1 Å². The molecule has 0 fully saturated rings. The molecule has 0 radical (unpaired) electrons. The molecule has 0 spiro atoms. The molecule has 0 saturated carbocycles. The molecule has 2 N–H and O–H groups in total. The Kier molecular flexibility index (Phi) is 3.09. The SMILES string of the molecule is C[SiH](C)C1=C(C(N)=O)CCCC1. The number of primary amides is 1. The fraction of sp³-hybridized carbons (Fsp3) is 0.667. The van der Waals surface area contributed by atoms with Crippen molar-refractivity contribution in [1.29, 1.82) is 0 Å². The third kappa shape index (κ3) is 1.97. The van der Waals surface area contributed by atoms with Crippen LogP contribution >= 0.6 is 0 Å². The van der Waals surface area contributed by atoms with Gasteiger partial charge in [-0.25, -0.2) is 0 Å². The van der Waals surface area contributed by atoms with Crippen molar-refractivity contribution in [1.82, 2.24) is 0 Å². The molecule has 2 nitrogen and oxygen atoms in total. The maximum atomic E-state index is 11.1. The second kappa shape index (κ2) is 3.89. The van der Waals surface area contributed by atoms with E-state index in [9.17, 15) is 4.79 Å². The molecule has 1 amide bonds. The van der Waals surface area contributed by atoms with E-state index in [4.69, 9.17) is 5.73 Å². The maximum Gasteiger partial charge on any atom is 0.244 e. The van der Waals surface area contributed by atoms with Crippen LogP contribution in [0.2, 0.25) is 13.1 Å².